The van der Waals surface area contributed by atoms with Gasteiger partial charge in [-0.15, -0.1) is 4.13 Å². The first-order valence-corrected chi connectivity index (χ1v) is 7.73. The summed E-state index contributed by atoms with van der Waals surface area (Å²) in [5, 5.41) is 0. The van der Waals surface area contributed by atoms with Crippen LogP contribution in [0.25, 0.3) is 0 Å². The Kier molecular flexibility index (Phi) is 5.03. The van der Waals surface area contributed by atoms with Crippen LogP contribution in [0.3, 0.4) is 0 Å². The van der Waals surface area contributed by atoms with E-state index in [9.17, 15) is 16.8 Å². The molecule has 86 valence electrons. The lowest BCUT2D eigenvalue weighted by atomic mass is 10.3. The SMILES string of the molecule is CCCS(=O)(=O)NS(=O)(=O)CC(C)C. The highest BCUT2D eigenvalue weighted by molar-refractivity contribution is 8.04. The monoisotopic (exact) mass is 243 g/mol. The van der Waals surface area contributed by atoms with E-state index >= 15 is 0 Å². The second-order valence-electron chi connectivity index (χ2n) is 3.58. The highest BCUT2D eigenvalue weighted by Gasteiger charge is 2.20. The van der Waals surface area contributed by atoms with Crippen molar-refractivity contribution in [1.29, 1.82) is 0 Å². The zero-order valence-electron chi connectivity index (χ0n) is 8.65. The number of hydrogen-bond donors (Lipinski definition) is 1. The summed E-state index contributed by atoms with van der Waals surface area (Å²) >= 11 is 0. The Morgan fingerprint density at radius 1 is 1.07 bits per heavy atom. The van der Waals surface area contributed by atoms with Crippen LogP contribution in [0.15, 0.2) is 0 Å². The number of sulfonamides is 2. The molecular weight excluding hydrogens is 226 g/mol. The van der Waals surface area contributed by atoms with Gasteiger partial charge < -0.3 is 0 Å². The summed E-state index contributed by atoms with van der Waals surface area (Å²) in [5.41, 5.74) is 0. The molecule has 0 radical (unpaired) electrons. The number of nitrogens with one attached hydrogen (secondary N) is 1. The molecule has 0 aliphatic rings. The zero-order valence-corrected chi connectivity index (χ0v) is 10.3. The minimum absolute atomic E-state index is 0.0932. The van der Waals surface area contributed by atoms with Crippen molar-refractivity contribution in [2.75, 3.05) is 11.5 Å². The van der Waals surface area contributed by atoms with Crippen LogP contribution < -0.4 is 4.13 Å². The molecule has 0 fully saturated rings. The molecule has 0 heterocycles. The van der Waals surface area contributed by atoms with Crippen LogP contribution in [-0.4, -0.2) is 28.3 Å². The van der Waals surface area contributed by atoms with Crippen LogP contribution in [0.4, 0.5) is 0 Å². The highest BCUT2D eigenvalue weighted by atomic mass is 32.3. The van der Waals surface area contributed by atoms with E-state index in [1.165, 1.54) is 0 Å². The number of rotatable bonds is 6. The Morgan fingerprint density at radius 2 is 1.57 bits per heavy atom. The first kappa shape index (κ1) is 13.9. The van der Waals surface area contributed by atoms with Crippen LogP contribution >= 0.6 is 0 Å². The molecular formula is C7H17NO4S2. The van der Waals surface area contributed by atoms with E-state index in [0.29, 0.717) is 6.42 Å². The molecule has 0 aliphatic carbocycles. The average Bonchev–Trinajstić information content (AvgIpc) is 1.78. The third kappa shape index (κ3) is 6.33. The Balaban J connectivity index is 4.52. The van der Waals surface area contributed by atoms with Crippen molar-refractivity contribution in [3.8, 4) is 0 Å². The molecule has 0 rings (SSSR count). The summed E-state index contributed by atoms with van der Waals surface area (Å²) in [5.74, 6) is -0.426. The van der Waals surface area contributed by atoms with E-state index in [1.807, 2.05) is 0 Å². The summed E-state index contributed by atoms with van der Waals surface area (Å²) in [6, 6.07) is 0. The molecule has 0 aromatic carbocycles. The first-order chi connectivity index (χ1) is 6.18. The highest BCUT2D eigenvalue weighted by Crippen LogP contribution is 2.00. The van der Waals surface area contributed by atoms with Gasteiger partial charge in [-0.2, -0.15) is 0 Å². The quantitative estimate of drug-likeness (QED) is 0.727. The van der Waals surface area contributed by atoms with E-state index in [0.717, 1.165) is 0 Å². The first-order valence-electron chi connectivity index (χ1n) is 4.42. The summed E-state index contributed by atoms with van der Waals surface area (Å²) in [4.78, 5) is 0. The molecule has 0 saturated carbocycles. The largest absolute Gasteiger partial charge is 0.224 e. The van der Waals surface area contributed by atoms with Gasteiger partial charge in [0, 0.05) is 0 Å². The molecule has 0 unspecified atom stereocenters. The minimum atomic E-state index is -3.70. The third-order valence-corrected chi connectivity index (χ3v) is 5.36. The lowest BCUT2D eigenvalue weighted by Crippen LogP contribution is -2.35. The fourth-order valence-electron chi connectivity index (χ4n) is 0.977. The maximum Gasteiger partial charge on any atom is 0.224 e. The van der Waals surface area contributed by atoms with E-state index < -0.39 is 20.0 Å². The Bertz CT molecular complexity index is 355. The van der Waals surface area contributed by atoms with Gasteiger partial charge in [-0.1, -0.05) is 20.8 Å². The van der Waals surface area contributed by atoms with E-state index in [4.69, 9.17) is 0 Å². The lowest BCUT2D eigenvalue weighted by molar-refractivity contribution is 0.568. The molecule has 7 heteroatoms. The van der Waals surface area contributed by atoms with Crippen LogP contribution in [0.2, 0.25) is 0 Å². The molecule has 0 aromatic rings. The average molecular weight is 243 g/mol. The summed E-state index contributed by atoms with van der Waals surface area (Å²) < 4.78 is 46.5. The normalized spacial score (nSPS) is 13.4. The molecule has 0 atom stereocenters. The summed E-state index contributed by atoms with van der Waals surface area (Å²) in [7, 11) is -7.37. The van der Waals surface area contributed by atoms with Crippen molar-refractivity contribution in [2.45, 2.75) is 27.2 Å². The molecule has 0 aliphatic heterocycles. The van der Waals surface area contributed by atoms with Gasteiger partial charge in [-0.05, 0) is 12.3 Å². The van der Waals surface area contributed by atoms with Gasteiger partial charge in [-0.3, -0.25) is 0 Å². The summed E-state index contributed by atoms with van der Waals surface area (Å²) in [6.07, 6.45) is 0.395. The van der Waals surface area contributed by atoms with Crippen LogP contribution in [-0.2, 0) is 20.0 Å². The Labute approximate surface area is 86.0 Å². The number of hydrogen-bond acceptors (Lipinski definition) is 4. The fourth-order valence-corrected chi connectivity index (χ4v) is 4.54. The molecule has 0 saturated heterocycles. The van der Waals surface area contributed by atoms with Crippen molar-refractivity contribution in [1.82, 2.24) is 4.13 Å². The van der Waals surface area contributed by atoms with E-state index in [1.54, 1.807) is 24.9 Å². The van der Waals surface area contributed by atoms with Crippen molar-refractivity contribution in [3.63, 3.8) is 0 Å². The predicted octanol–water partition coefficient (Wildman–Crippen LogP) is 0.302. The second kappa shape index (κ2) is 5.09. The summed E-state index contributed by atoms with van der Waals surface area (Å²) in [6.45, 7) is 5.10. The van der Waals surface area contributed by atoms with E-state index in [-0.39, 0.29) is 17.4 Å². The smallest absolute Gasteiger partial charge is 0.211 e. The molecule has 0 bridgehead atoms. The molecule has 0 spiro atoms. The van der Waals surface area contributed by atoms with Gasteiger partial charge in [0.25, 0.3) is 0 Å². The van der Waals surface area contributed by atoms with Crippen molar-refractivity contribution in [2.24, 2.45) is 5.92 Å². The maximum atomic E-state index is 11.2. The van der Waals surface area contributed by atoms with Crippen LogP contribution in [0.1, 0.15) is 27.2 Å². The van der Waals surface area contributed by atoms with E-state index in [2.05, 4.69) is 0 Å². The van der Waals surface area contributed by atoms with Crippen molar-refractivity contribution >= 4 is 20.0 Å². The van der Waals surface area contributed by atoms with Crippen LogP contribution in [0, 0.1) is 5.92 Å². The van der Waals surface area contributed by atoms with Gasteiger partial charge in [0.15, 0.2) is 0 Å². The molecule has 14 heavy (non-hydrogen) atoms. The standard InChI is InChI=1S/C7H17NO4S2/c1-4-5-13(9,10)8-14(11,12)6-7(2)3/h7-8H,4-6H2,1-3H3. The third-order valence-electron chi connectivity index (χ3n) is 1.28. The lowest BCUT2D eigenvalue weighted by Gasteiger charge is -2.08. The maximum absolute atomic E-state index is 11.2. The van der Waals surface area contributed by atoms with Crippen molar-refractivity contribution < 1.29 is 16.8 Å². The van der Waals surface area contributed by atoms with Gasteiger partial charge in [0.1, 0.15) is 0 Å². The van der Waals surface area contributed by atoms with Gasteiger partial charge in [0.2, 0.25) is 20.0 Å². The van der Waals surface area contributed by atoms with Crippen LogP contribution in [0.5, 0.6) is 0 Å². The topological polar surface area (TPSA) is 80.3 Å². The molecule has 1 N–H and O–H groups in total. The predicted molar refractivity (Wildman–Crippen MR) is 55.8 cm³/mol. The zero-order chi connectivity index (χ0) is 11.4. The van der Waals surface area contributed by atoms with Gasteiger partial charge in [0.05, 0.1) is 11.5 Å². The minimum Gasteiger partial charge on any atom is -0.211 e. The second-order valence-corrected chi connectivity index (χ2v) is 7.44. The van der Waals surface area contributed by atoms with Gasteiger partial charge >= 0.3 is 0 Å². The molecule has 5 nitrogen and oxygen atoms in total. The molecule has 0 aromatic heterocycles. The van der Waals surface area contributed by atoms with Crippen molar-refractivity contribution in [3.05, 3.63) is 0 Å². The Hall–Kier alpha value is -0.140. The fraction of sp³-hybridized carbons (Fsp3) is 1.00. The Morgan fingerprint density at radius 3 is 1.93 bits per heavy atom. The van der Waals surface area contributed by atoms with Gasteiger partial charge in [-0.25, -0.2) is 16.8 Å². The molecule has 0 amide bonds.